The maximum absolute atomic E-state index is 9.31. The van der Waals surface area contributed by atoms with E-state index in [1.165, 1.54) is 0 Å². The SMILES string of the molecule is Cc1cc(Cl)c(NCc2ccc(O)cc2)c2cccnc12. The van der Waals surface area contributed by atoms with Gasteiger partial charge in [0.15, 0.2) is 0 Å². The molecule has 0 bridgehead atoms. The maximum atomic E-state index is 9.31. The number of anilines is 1. The summed E-state index contributed by atoms with van der Waals surface area (Å²) in [5.74, 6) is 0.266. The zero-order chi connectivity index (χ0) is 14.8. The van der Waals surface area contributed by atoms with E-state index in [9.17, 15) is 5.11 Å². The zero-order valence-electron chi connectivity index (χ0n) is 11.6. The Kier molecular flexibility index (Phi) is 3.67. The van der Waals surface area contributed by atoms with Crippen LogP contribution < -0.4 is 5.32 Å². The highest BCUT2D eigenvalue weighted by Crippen LogP contribution is 2.33. The molecule has 0 aliphatic heterocycles. The Bertz CT molecular complexity index is 785. The first-order chi connectivity index (χ1) is 10.1. The Morgan fingerprint density at radius 1 is 1.19 bits per heavy atom. The van der Waals surface area contributed by atoms with Crippen LogP contribution in [0, 0.1) is 6.92 Å². The molecule has 21 heavy (non-hydrogen) atoms. The minimum Gasteiger partial charge on any atom is -0.508 e. The molecule has 3 aromatic rings. The van der Waals surface area contributed by atoms with E-state index in [2.05, 4.69) is 10.3 Å². The van der Waals surface area contributed by atoms with Crippen LogP contribution in [0.5, 0.6) is 5.75 Å². The molecular weight excluding hydrogens is 284 g/mol. The second kappa shape index (κ2) is 5.62. The van der Waals surface area contributed by atoms with E-state index in [4.69, 9.17) is 11.6 Å². The van der Waals surface area contributed by atoms with Gasteiger partial charge >= 0.3 is 0 Å². The lowest BCUT2D eigenvalue weighted by molar-refractivity contribution is 0.475. The smallest absolute Gasteiger partial charge is 0.115 e. The van der Waals surface area contributed by atoms with Crippen LogP contribution >= 0.6 is 11.6 Å². The van der Waals surface area contributed by atoms with Gasteiger partial charge in [0.1, 0.15) is 5.75 Å². The number of aromatic nitrogens is 1. The highest BCUT2D eigenvalue weighted by Gasteiger charge is 2.09. The van der Waals surface area contributed by atoms with Crippen LogP contribution in [-0.2, 0) is 6.54 Å². The second-order valence-corrected chi connectivity index (χ2v) is 5.38. The average molecular weight is 299 g/mol. The van der Waals surface area contributed by atoms with Gasteiger partial charge in [0.05, 0.1) is 16.2 Å². The van der Waals surface area contributed by atoms with Gasteiger partial charge in [-0.1, -0.05) is 23.7 Å². The number of fused-ring (bicyclic) bond motifs is 1. The largest absolute Gasteiger partial charge is 0.508 e. The van der Waals surface area contributed by atoms with Gasteiger partial charge < -0.3 is 10.4 Å². The molecule has 0 atom stereocenters. The van der Waals surface area contributed by atoms with Crippen molar-refractivity contribution in [2.75, 3.05) is 5.32 Å². The lowest BCUT2D eigenvalue weighted by Gasteiger charge is -2.13. The number of hydrogen-bond acceptors (Lipinski definition) is 3. The fourth-order valence-corrected chi connectivity index (χ4v) is 2.70. The van der Waals surface area contributed by atoms with E-state index in [0.717, 1.165) is 27.7 Å². The Hall–Kier alpha value is -2.26. The molecule has 0 radical (unpaired) electrons. The number of pyridine rings is 1. The Labute approximate surface area is 128 Å². The molecule has 0 saturated carbocycles. The van der Waals surface area contributed by atoms with Gasteiger partial charge in [0.25, 0.3) is 0 Å². The third-order valence-electron chi connectivity index (χ3n) is 3.44. The number of nitrogens with one attached hydrogen (secondary N) is 1. The summed E-state index contributed by atoms with van der Waals surface area (Å²) in [4.78, 5) is 4.42. The first kappa shape index (κ1) is 13.7. The van der Waals surface area contributed by atoms with Gasteiger partial charge in [-0.3, -0.25) is 4.98 Å². The summed E-state index contributed by atoms with van der Waals surface area (Å²) < 4.78 is 0. The summed E-state index contributed by atoms with van der Waals surface area (Å²) in [6.07, 6.45) is 1.78. The first-order valence-corrected chi connectivity index (χ1v) is 7.08. The topological polar surface area (TPSA) is 45.1 Å². The van der Waals surface area contributed by atoms with Gasteiger partial charge in [-0.05, 0) is 48.4 Å². The third-order valence-corrected chi connectivity index (χ3v) is 3.74. The number of halogens is 1. The molecule has 0 spiro atoms. The van der Waals surface area contributed by atoms with E-state index >= 15 is 0 Å². The lowest BCUT2D eigenvalue weighted by Crippen LogP contribution is -2.01. The fraction of sp³-hybridized carbons (Fsp3) is 0.118. The fourth-order valence-electron chi connectivity index (χ4n) is 2.36. The minimum absolute atomic E-state index is 0.266. The number of rotatable bonds is 3. The molecule has 1 heterocycles. The van der Waals surface area contributed by atoms with Gasteiger partial charge in [-0.2, -0.15) is 0 Å². The number of phenols is 1. The van der Waals surface area contributed by atoms with Crippen LogP contribution in [0.15, 0.2) is 48.7 Å². The van der Waals surface area contributed by atoms with E-state index in [-0.39, 0.29) is 5.75 Å². The number of phenolic OH excluding ortho intramolecular Hbond substituents is 1. The number of hydrogen-bond donors (Lipinski definition) is 2. The predicted molar refractivity (Wildman–Crippen MR) is 86.9 cm³/mol. The monoisotopic (exact) mass is 298 g/mol. The summed E-state index contributed by atoms with van der Waals surface area (Å²) in [5, 5.41) is 14.4. The van der Waals surface area contributed by atoms with Crippen molar-refractivity contribution in [2.45, 2.75) is 13.5 Å². The quantitative estimate of drug-likeness (QED) is 0.747. The van der Waals surface area contributed by atoms with Crippen LogP contribution in [0.25, 0.3) is 10.9 Å². The van der Waals surface area contributed by atoms with Crippen molar-refractivity contribution in [3.63, 3.8) is 0 Å². The molecule has 0 aliphatic rings. The van der Waals surface area contributed by atoms with E-state index < -0.39 is 0 Å². The van der Waals surface area contributed by atoms with Crippen LogP contribution in [0.1, 0.15) is 11.1 Å². The molecule has 3 nitrogen and oxygen atoms in total. The van der Waals surface area contributed by atoms with Crippen molar-refractivity contribution in [2.24, 2.45) is 0 Å². The van der Waals surface area contributed by atoms with E-state index in [0.29, 0.717) is 11.6 Å². The van der Waals surface area contributed by atoms with Crippen LogP contribution in [0.2, 0.25) is 5.02 Å². The number of aryl methyl sites for hydroxylation is 1. The number of aromatic hydroxyl groups is 1. The molecule has 0 aliphatic carbocycles. The molecule has 106 valence electrons. The van der Waals surface area contributed by atoms with E-state index in [1.54, 1.807) is 18.3 Å². The Morgan fingerprint density at radius 3 is 2.71 bits per heavy atom. The first-order valence-electron chi connectivity index (χ1n) is 6.71. The summed E-state index contributed by atoms with van der Waals surface area (Å²) in [7, 11) is 0. The number of nitrogens with zero attached hydrogens (tertiary/aromatic N) is 1. The zero-order valence-corrected chi connectivity index (χ0v) is 12.4. The van der Waals surface area contributed by atoms with Crippen molar-refractivity contribution in [3.8, 4) is 5.75 Å². The number of benzene rings is 2. The van der Waals surface area contributed by atoms with Crippen LogP contribution in [-0.4, -0.2) is 10.1 Å². The predicted octanol–water partition coefficient (Wildman–Crippen LogP) is 4.51. The molecule has 0 amide bonds. The summed E-state index contributed by atoms with van der Waals surface area (Å²) in [5.41, 5.74) is 3.97. The van der Waals surface area contributed by atoms with Crippen molar-refractivity contribution >= 4 is 28.2 Å². The van der Waals surface area contributed by atoms with Gasteiger partial charge in [0.2, 0.25) is 0 Å². The highest BCUT2D eigenvalue weighted by atomic mass is 35.5. The van der Waals surface area contributed by atoms with Crippen LogP contribution in [0.4, 0.5) is 5.69 Å². The van der Waals surface area contributed by atoms with Crippen LogP contribution in [0.3, 0.4) is 0 Å². The van der Waals surface area contributed by atoms with Crippen molar-refractivity contribution in [1.29, 1.82) is 0 Å². The average Bonchev–Trinajstić information content (AvgIpc) is 2.49. The maximum Gasteiger partial charge on any atom is 0.115 e. The lowest BCUT2D eigenvalue weighted by atomic mass is 10.1. The molecule has 0 unspecified atom stereocenters. The molecule has 3 rings (SSSR count). The second-order valence-electron chi connectivity index (χ2n) is 4.97. The molecule has 4 heteroatoms. The highest BCUT2D eigenvalue weighted by molar-refractivity contribution is 6.35. The normalized spacial score (nSPS) is 10.8. The standard InChI is InChI=1S/C17H15ClN2O/c1-11-9-15(18)17(14-3-2-8-19-16(11)14)20-10-12-4-6-13(21)7-5-12/h2-9,20-21H,10H2,1H3. The van der Waals surface area contributed by atoms with Crippen molar-refractivity contribution in [3.05, 3.63) is 64.8 Å². The summed E-state index contributed by atoms with van der Waals surface area (Å²) in [6.45, 7) is 2.64. The van der Waals surface area contributed by atoms with Gasteiger partial charge in [0, 0.05) is 18.1 Å². The van der Waals surface area contributed by atoms with Crippen molar-refractivity contribution in [1.82, 2.24) is 4.98 Å². The molecule has 1 aromatic heterocycles. The van der Waals surface area contributed by atoms with E-state index in [1.807, 2.05) is 37.3 Å². The summed E-state index contributed by atoms with van der Waals surface area (Å²) >= 11 is 6.37. The van der Waals surface area contributed by atoms with Gasteiger partial charge in [-0.25, -0.2) is 0 Å². The minimum atomic E-state index is 0.266. The molecular formula is C17H15ClN2O. The third kappa shape index (κ3) is 2.78. The molecule has 0 saturated heterocycles. The molecule has 2 N–H and O–H groups in total. The van der Waals surface area contributed by atoms with Crippen molar-refractivity contribution < 1.29 is 5.11 Å². The Morgan fingerprint density at radius 2 is 1.95 bits per heavy atom. The molecule has 2 aromatic carbocycles. The molecule has 0 fully saturated rings. The Balaban J connectivity index is 1.95. The summed E-state index contributed by atoms with van der Waals surface area (Å²) in [6, 6.07) is 13.0. The van der Waals surface area contributed by atoms with Gasteiger partial charge in [-0.15, -0.1) is 0 Å².